The van der Waals surface area contributed by atoms with Crippen LogP contribution in [0.15, 0.2) is 48.5 Å². The Bertz CT molecular complexity index is 728. The van der Waals surface area contributed by atoms with Crippen LogP contribution in [0, 0.1) is 5.82 Å². The Morgan fingerprint density at radius 3 is 2.35 bits per heavy atom. The molecule has 1 amide bonds. The molecule has 0 radical (unpaired) electrons. The highest BCUT2D eigenvalue weighted by atomic mass is 19.1. The standard InChI is InChI=1S/C20H24FN3O2/c1-26-18-8-6-17(7-9-18)22-20(25)15-24-12-10-23(11-13-24)14-16-4-2-3-5-19(16)21/h2-9H,10-15H2,1H3,(H,22,25). The molecule has 3 rings (SSSR count). The average molecular weight is 357 g/mol. The van der Waals surface area contributed by atoms with Gasteiger partial charge in [0.1, 0.15) is 11.6 Å². The van der Waals surface area contributed by atoms with Gasteiger partial charge in [0.25, 0.3) is 0 Å². The number of carbonyl (C=O) groups is 1. The second-order valence-electron chi connectivity index (χ2n) is 6.42. The molecule has 1 aliphatic rings. The molecule has 1 aliphatic heterocycles. The molecule has 2 aromatic rings. The molecule has 0 unspecified atom stereocenters. The highest BCUT2D eigenvalue weighted by molar-refractivity contribution is 5.92. The number of hydrogen-bond donors (Lipinski definition) is 1. The first-order valence-electron chi connectivity index (χ1n) is 8.76. The Morgan fingerprint density at radius 2 is 1.69 bits per heavy atom. The molecule has 1 N–H and O–H groups in total. The molecule has 26 heavy (non-hydrogen) atoms. The van der Waals surface area contributed by atoms with Gasteiger partial charge in [-0.2, -0.15) is 0 Å². The molecular weight excluding hydrogens is 333 g/mol. The van der Waals surface area contributed by atoms with Crippen molar-refractivity contribution in [3.8, 4) is 5.75 Å². The summed E-state index contributed by atoms with van der Waals surface area (Å²) in [6.45, 7) is 4.21. The third kappa shape index (κ3) is 5.03. The van der Waals surface area contributed by atoms with E-state index in [4.69, 9.17) is 4.74 Å². The average Bonchev–Trinajstić information content (AvgIpc) is 2.66. The van der Waals surface area contributed by atoms with E-state index in [0.717, 1.165) is 43.2 Å². The molecule has 0 bridgehead atoms. The predicted octanol–water partition coefficient (Wildman–Crippen LogP) is 2.59. The quantitative estimate of drug-likeness (QED) is 0.863. The molecule has 0 saturated carbocycles. The number of nitrogens with zero attached hydrogens (tertiary/aromatic N) is 2. The summed E-state index contributed by atoms with van der Waals surface area (Å²) in [5.41, 5.74) is 1.48. The lowest BCUT2D eigenvalue weighted by atomic mass is 10.2. The van der Waals surface area contributed by atoms with Crippen molar-refractivity contribution in [2.24, 2.45) is 0 Å². The minimum absolute atomic E-state index is 0.0299. The van der Waals surface area contributed by atoms with Crippen LogP contribution in [0.2, 0.25) is 0 Å². The summed E-state index contributed by atoms with van der Waals surface area (Å²) >= 11 is 0. The van der Waals surface area contributed by atoms with Crippen molar-refractivity contribution < 1.29 is 13.9 Å². The van der Waals surface area contributed by atoms with Crippen LogP contribution in [-0.2, 0) is 11.3 Å². The van der Waals surface area contributed by atoms with Crippen molar-refractivity contribution in [1.29, 1.82) is 0 Å². The summed E-state index contributed by atoms with van der Waals surface area (Å²) in [7, 11) is 1.61. The Labute approximate surface area is 153 Å². The van der Waals surface area contributed by atoms with Crippen LogP contribution < -0.4 is 10.1 Å². The number of halogens is 1. The molecule has 0 spiro atoms. The SMILES string of the molecule is COc1ccc(NC(=O)CN2CCN(Cc3ccccc3F)CC2)cc1. The summed E-state index contributed by atoms with van der Waals surface area (Å²) in [6, 6.07) is 14.2. The van der Waals surface area contributed by atoms with Crippen LogP contribution in [-0.4, -0.2) is 55.5 Å². The van der Waals surface area contributed by atoms with Gasteiger partial charge < -0.3 is 10.1 Å². The first kappa shape index (κ1) is 18.4. The van der Waals surface area contributed by atoms with Gasteiger partial charge in [0.15, 0.2) is 0 Å². The number of ether oxygens (including phenoxy) is 1. The normalized spacial score (nSPS) is 15.6. The molecule has 6 heteroatoms. The maximum atomic E-state index is 13.8. The van der Waals surface area contributed by atoms with Crippen LogP contribution in [0.1, 0.15) is 5.56 Å². The van der Waals surface area contributed by atoms with Crippen molar-refractivity contribution in [2.45, 2.75) is 6.54 Å². The Kier molecular flexibility index (Phi) is 6.20. The zero-order chi connectivity index (χ0) is 18.4. The van der Waals surface area contributed by atoms with Crippen molar-refractivity contribution >= 4 is 11.6 Å². The first-order valence-corrected chi connectivity index (χ1v) is 8.76. The van der Waals surface area contributed by atoms with E-state index in [1.54, 1.807) is 13.2 Å². The highest BCUT2D eigenvalue weighted by Gasteiger charge is 2.19. The van der Waals surface area contributed by atoms with Gasteiger partial charge >= 0.3 is 0 Å². The second kappa shape index (κ2) is 8.78. The minimum atomic E-state index is -0.159. The number of piperazine rings is 1. The van der Waals surface area contributed by atoms with E-state index in [0.29, 0.717) is 13.1 Å². The van der Waals surface area contributed by atoms with E-state index in [2.05, 4.69) is 15.1 Å². The van der Waals surface area contributed by atoms with E-state index in [9.17, 15) is 9.18 Å². The molecule has 1 saturated heterocycles. The van der Waals surface area contributed by atoms with Gasteiger partial charge in [-0.1, -0.05) is 18.2 Å². The molecule has 0 atom stereocenters. The fourth-order valence-electron chi connectivity index (χ4n) is 3.05. The fourth-order valence-corrected chi connectivity index (χ4v) is 3.05. The van der Waals surface area contributed by atoms with Crippen molar-refractivity contribution in [3.05, 3.63) is 59.9 Å². The number of nitrogens with one attached hydrogen (secondary N) is 1. The summed E-state index contributed by atoms with van der Waals surface area (Å²) < 4.78 is 18.9. The molecule has 2 aromatic carbocycles. The number of benzene rings is 2. The Morgan fingerprint density at radius 1 is 1.04 bits per heavy atom. The van der Waals surface area contributed by atoms with Crippen LogP contribution in [0.25, 0.3) is 0 Å². The number of anilines is 1. The maximum Gasteiger partial charge on any atom is 0.238 e. The molecule has 1 heterocycles. The predicted molar refractivity (Wildman–Crippen MR) is 99.7 cm³/mol. The topological polar surface area (TPSA) is 44.8 Å². The van der Waals surface area contributed by atoms with Crippen LogP contribution in [0.4, 0.5) is 10.1 Å². The van der Waals surface area contributed by atoms with E-state index < -0.39 is 0 Å². The summed E-state index contributed by atoms with van der Waals surface area (Å²) in [5.74, 6) is 0.570. The van der Waals surface area contributed by atoms with E-state index in [1.165, 1.54) is 6.07 Å². The number of amides is 1. The lowest BCUT2D eigenvalue weighted by molar-refractivity contribution is -0.117. The zero-order valence-electron chi connectivity index (χ0n) is 15.0. The van der Waals surface area contributed by atoms with Gasteiger partial charge in [-0.25, -0.2) is 4.39 Å². The van der Waals surface area contributed by atoms with Gasteiger partial charge in [-0.05, 0) is 30.3 Å². The number of rotatable bonds is 6. The van der Waals surface area contributed by atoms with Crippen molar-refractivity contribution in [1.82, 2.24) is 9.80 Å². The molecule has 138 valence electrons. The Balaban J connectivity index is 1.43. The summed E-state index contributed by atoms with van der Waals surface area (Å²) in [4.78, 5) is 16.5. The minimum Gasteiger partial charge on any atom is -0.497 e. The van der Waals surface area contributed by atoms with Crippen molar-refractivity contribution in [3.63, 3.8) is 0 Å². The smallest absolute Gasteiger partial charge is 0.238 e. The summed E-state index contributed by atoms with van der Waals surface area (Å²) in [6.07, 6.45) is 0. The van der Waals surface area contributed by atoms with E-state index in [1.807, 2.05) is 36.4 Å². The molecule has 0 aliphatic carbocycles. The van der Waals surface area contributed by atoms with Gasteiger partial charge in [-0.3, -0.25) is 14.6 Å². The highest BCUT2D eigenvalue weighted by Crippen LogP contribution is 2.15. The van der Waals surface area contributed by atoms with Gasteiger partial charge in [-0.15, -0.1) is 0 Å². The van der Waals surface area contributed by atoms with Gasteiger partial charge in [0, 0.05) is 44.0 Å². The van der Waals surface area contributed by atoms with Crippen LogP contribution in [0.3, 0.4) is 0 Å². The number of hydrogen-bond acceptors (Lipinski definition) is 4. The number of carbonyl (C=O) groups excluding carboxylic acids is 1. The molecule has 5 nitrogen and oxygen atoms in total. The van der Waals surface area contributed by atoms with Crippen LogP contribution >= 0.6 is 0 Å². The third-order valence-electron chi connectivity index (χ3n) is 4.56. The van der Waals surface area contributed by atoms with Crippen molar-refractivity contribution in [2.75, 3.05) is 45.2 Å². The zero-order valence-corrected chi connectivity index (χ0v) is 15.0. The summed E-state index contributed by atoms with van der Waals surface area (Å²) in [5, 5.41) is 2.90. The number of methoxy groups -OCH3 is 1. The first-order chi connectivity index (χ1) is 12.6. The van der Waals surface area contributed by atoms with Crippen LogP contribution in [0.5, 0.6) is 5.75 Å². The lowest BCUT2D eigenvalue weighted by Crippen LogP contribution is -2.48. The lowest BCUT2D eigenvalue weighted by Gasteiger charge is -2.34. The molecular formula is C20H24FN3O2. The maximum absolute atomic E-state index is 13.8. The fraction of sp³-hybridized carbons (Fsp3) is 0.350. The van der Waals surface area contributed by atoms with Gasteiger partial charge in [0.2, 0.25) is 5.91 Å². The van der Waals surface area contributed by atoms with E-state index >= 15 is 0 Å². The van der Waals surface area contributed by atoms with Gasteiger partial charge in [0.05, 0.1) is 13.7 Å². The largest absolute Gasteiger partial charge is 0.497 e. The second-order valence-corrected chi connectivity index (χ2v) is 6.42. The van der Waals surface area contributed by atoms with E-state index in [-0.39, 0.29) is 11.7 Å². The monoisotopic (exact) mass is 357 g/mol. The molecule has 1 fully saturated rings. The molecule has 0 aromatic heterocycles. The Hall–Kier alpha value is -2.44. The third-order valence-corrected chi connectivity index (χ3v) is 4.56.